The van der Waals surface area contributed by atoms with E-state index in [4.69, 9.17) is 0 Å². The van der Waals surface area contributed by atoms with Crippen LogP contribution in [0.3, 0.4) is 0 Å². The third-order valence-corrected chi connectivity index (χ3v) is 7.46. The van der Waals surface area contributed by atoms with Crippen molar-refractivity contribution in [1.82, 2.24) is 4.90 Å². The lowest BCUT2D eigenvalue weighted by Gasteiger charge is -2.24. The van der Waals surface area contributed by atoms with E-state index in [1.807, 2.05) is 22.4 Å². The quantitative estimate of drug-likeness (QED) is 0.435. The number of hydrogen-bond donors (Lipinski definition) is 1. The summed E-state index contributed by atoms with van der Waals surface area (Å²) in [5, 5.41) is 12.9. The number of thiophene rings is 1. The van der Waals surface area contributed by atoms with Gasteiger partial charge in [-0.25, -0.2) is 8.42 Å². The SMILES string of the molecule is O=C(c1ccc(NS(=O)(=O)c2cccc([N+](=O)[O-])c2)cc1)N1CCCC1c1cccs1. The number of non-ortho nitro benzene ring substituents is 1. The van der Waals surface area contributed by atoms with E-state index in [1.165, 1.54) is 30.3 Å². The largest absolute Gasteiger partial charge is 0.331 e. The summed E-state index contributed by atoms with van der Waals surface area (Å²) in [6.45, 7) is 0.683. The minimum atomic E-state index is -4.00. The standard InChI is InChI=1S/C21H19N3O5S2/c25-21(23-12-2-6-19(23)20-7-3-13-30-20)15-8-10-16(11-9-15)22-31(28,29)18-5-1-4-17(14-18)24(26)27/h1,3-5,7-11,13-14,19,22H,2,6,12H2. The van der Waals surface area contributed by atoms with E-state index < -0.39 is 14.9 Å². The molecule has 4 rings (SSSR count). The first-order valence-electron chi connectivity index (χ1n) is 9.57. The first-order chi connectivity index (χ1) is 14.8. The molecule has 0 bridgehead atoms. The number of nitro groups is 1. The van der Waals surface area contributed by atoms with E-state index in [2.05, 4.69) is 4.72 Å². The van der Waals surface area contributed by atoms with Crippen molar-refractivity contribution in [3.05, 3.63) is 86.6 Å². The molecule has 10 heteroatoms. The van der Waals surface area contributed by atoms with Gasteiger partial charge in [-0.2, -0.15) is 0 Å². The van der Waals surface area contributed by atoms with E-state index in [9.17, 15) is 23.3 Å². The second-order valence-corrected chi connectivity index (χ2v) is 9.77. The van der Waals surface area contributed by atoms with Crippen molar-refractivity contribution in [2.24, 2.45) is 0 Å². The molecular weight excluding hydrogens is 438 g/mol. The van der Waals surface area contributed by atoms with Crippen LogP contribution in [0.25, 0.3) is 0 Å². The lowest BCUT2D eigenvalue weighted by atomic mass is 10.1. The summed E-state index contributed by atoms with van der Waals surface area (Å²) >= 11 is 1.63. The predicted octanol–water partition coefficient (Wildman–Crippen LogP) is 4.43. The number of nitrogens with one attached hydrogen (secondary N) is 1. The summed E-state index contributed by atoms with van der Waals surface area (Å²) in [5.74, 6) is -0.0935. The molecule has 1 aromatic heterocycles. The fourth-order valence-electron chi connectivity index (χ4n) is 3.61. The first kappa shape index (κ1) is 21.0. The number of nitro benzene ring substituents is 1. The van der Waals surface area contributed by atoms with E-state index in [-0.39, 0.29) is 28.2 Å². The van der Waals surface area contributed by atoms with Crippen LogP contribution in [0.2, 0.25) is 0 Å². The van der Waals surface area contributed by atoms with Gasteiger partial charge in [0.05, 0.1) is 15.9 Å². The molecule has 1 saturated heterocycles. The molecule has 1 N–H and O–H groups in total. The Kier molecular flexibility index (Phi) is 5.75. The number of likely N-dealkylation sites (tertiary alicyclic amines) is 1. The molecular formula is C21H19N3O5S2. The fourth-order valence-corrected chi connectivity index (χ4v) is 5.58. The number of hydrogen-bond acceptors (Lipinski definition) is 6. The average molecular weight is 458 g/mol. The van der Waals surface area contributed by atoms with Crippen molar-refractivity contribution in [2.75, 3.05) is 11.3 Å². The monoisotopic (exact) mass is 457 g/mol. The molecule has 1 amide bonds. The number of rotatable bonds is 6. The van der Waals surface area contributed by atoms with E-state index >= 15 is 0 Å². The molecule has 1 fully saturated rings. The minimum Gasteiger partial charge on any atom is -0.331 e. The Hall–Kier alpha value is -3.24. The molecule has 0 radical (unpaired) electrons. The van der Waals surface area contributed by atoms with Gasteiger partial charge in [0.2, 0.25) is 0 Å². The third kappa shape index (κ3) is 4.44. The van der Waals surface area contributed by atoms with Gasteiger partial charge in [-0.3, -0.25) is 19.6 Å². The Morgan fingerprint density at radius 1 is 1.13 bits per heavy atom. The predicted molar refractivity (Wildman–Crippen MR) is 118 cm³/mol. The van der Waals surface area contributed by atoms with Gasteiger partial charge in [0.25, 0.3) is 21.6 Å². The number of carbonyl (C=O) groups excluding carboxylic acids is 1. The van der Waals surface area contributed by atoms with Crippen LogP contribution in [0.1, 0.15) is 34.1 Å². The van der Waals surface area contributed by atoms with Crippen LogP contribution in [-0.4, -0.2) is 30.7 Å². The number of nitrogens with zero attached hydrogens (tertiary/aromatic N) is 2. The van der Waals surface area contributed by atoms with E-state index in [0.29, 0.717) is 12.1 Å². The van der Waals surface area contributed by atoms with Crippen molar-refractivity contribution >= 4 is 38.6 Å². The van der Waals surface area contributed by atoms with Crippen LogP contribution in [0.4, 0.5) is 11.4 Å². The molecule has 0 saturated carbocycles. The van der Waals surface area contributed by atoms with Gasteiger partial charge in [0.1, 0.15) is 0 Å². The lowest BCUT2D eigenvalue weighted by Crippen LogP contribution is -2.30. The Bertz CT molecular complexity index is 1210. The summed E-state index contributed by atoms with van der Waals surface area (Å²) in [7, 11) is -4.00. The van der Waals surface area contributed by atoms with Crippen molar-refractivity contribution in [3.8, 4) is 0 Å². The van der Waals surface area contributed by atoms with Crippen molar-refractivity contribution in [2.45, 2.75) is 23.8 Å². The van der Waals surface area contributed by atoms with Crippen LogP contribution >= 0.6 is 11.3 Å². The average Bonchev–Trinajstić information content (AvgIpc) is 3.45. The Morgan fingerprint density at radius 2 is 1.90 bits per heavy atom. The zero-order chi connectivity index (χ0) is 22.0. The van der Waals surface area contributed by atoms with Crippen LogP contribution < -0.4 is 4.72 Å². The first-order valence-corrected chi connectivity index (χ1v) is 11.9. The summed E-state index contributed by atoms with van der Waals surface area (Å²) in [6, 6.07) is 15.1. The molecule has 2 aromatic carbocycles. The zero-order valence-corrected chi connectivity index (χ0v) is 17.9. The van der Waals surface area contributed by atoms with Gasteiger partial charge in [0, 0.05) is 34.8 Å². The van der Waals surface area contributed by atoms with Crippen LogP contribution in [-0.2, 0) is 10.0 Å². The topological polar surface area (TPSA) is 110 Å². The smallest absolute Gasteiger partial charge is 0.270 e. The van der Waals surface area contributed by atoms with Gasteiger partial charge in [-0.1, -0.05) is 12.1 Å². The highest BCUT2D eigenvalue weighted by Crippen LogP contribution is 2.35. The molecule has 1 aliphatic rings. The highest BCUT2D eigenvalue weighted by atomic mass is 32.2. The van der Waals surface area contributed by atoms with Crippen molar-refractivity contribution < 1.29 is 18.1 Å². The molecule has 2 heterocycles. The van der Waals surface area contributed by atoms with Gasteiger partial charge in [-0.05, 0) is 54.6 Å². The molecule has 0 spiro atoms. The van der Waals surface area contributed by atoms with Gasteiger partial charge in [-0.15, -0.1) is 11.3 Å². The molecule has 31 heavy (non-hydrogen) atoms. The lowest BCUT2D eigenvalue weighted by molar-refractivity contribution is -0.385. The molecule has 1 unspecified atom stereocenters. The van der Waals surface area contributed by atoms with Crippen LogP contribution in [0, 0.1) is 10.1 Å². The number of sulfonamides is 1. The fraction of sp³-hybridized carbons (Fsp3) is 0.190. The van der Waals surface area contributed by atoms with E-state index in [1.54, 1.807) is 23.5 Å². The van der Waals surface area contributed by atoms with Gasteiger partial charge >= 0.3 is 0 Å². The number of anilines is 1. The summed E-state index contributed by atoms with van der Waals surface area (Å²) < 4.78 is 27.5. The Morgan fingerprint density at radius 3 is 2.58 bits per heavy atom. The Balaban J connectivity index is 1.50. The van der Waals surface area contributed by atoms with Gasteiger partial charge < -0.3 is 4.90 Å². The van der Waals surface area contributed by atoms with Crippen LogP contribution in [0.5, 0.6) is 0 Å². The molecule has 1 aliphatic heterocycles. The van der Waals surface area contributed by atoms with Crippen molar-refractivity contribution in [1.29, 1.82) is 0 Å². The van der Waals surface area contributed by atoms with Crippen molar-refractivity contribution in [3.63, 3.8) is 0 Å². The third-order valence-electron chi connectivity index (χ3n) is 5.11. The molecule has 3 aromatic rings. The highest BCUT2D eigenvalue weighted by Gasteiger charge is 2.31. The number of carbonyl (C=O) groups is 1. The zero-order valence-electron chi connectivity index (χ0n) is 16.3. The second kappa shape index (κ2) is 8.48. The molecule has 160 valence electrons. The van der Waals surface area contributed by atoms with Crippen LogP contribution in [0.15, 0.2) is 70.9 Å². The molecule has 1 atom stereocenters. The second-order valence-electron chi connectivity index (χ2n) is 7.11. The number of amides is 1. The Labute approximate surface area is 183 Å². The summed E-state index contributed by atoms with van der Waals surface area (Å²) in [5.41, 5.74) is 0.427. The normalized spacial score (nSPS) is 16.3. The molecule has 8 nitrogen and oxygen atoms in total. The summed E-state index contributed by atoms with van der Waals surface area (Å²) in [6.07, 6.45) is 1.86. The highest BCUT2D eigenvalue weighted by molar-refractivity contribution is 7.92. The molecule has 0 aliphatic carbocycles. The maximum Gasteiger partial charge on any atom is 0.270 e. The maximum atomic E-state index is 13.0. The van der Waals surface area contributed by atoms with Gasteiger partial charge in [0.15, 0.2) is 0 Å². The number of benzene rings is 2. The van der Waals surface area contributed by atoms with E-state index in [0.717, 1.165) is 23.8 Å². The minimum absolute atomic E-state index is 0.0690. The maximum absolute atomic E-state index is 13.0. The summed E-state index contributed by atoms with van der Waals surface area (Å²) in [4.78, 5) is 26.1.